The Labute approximate surface area is 75.6 Å². The molecular formula is C8H18NO2S. The van der Waals surface area contributed by atoms with Crippen molar-refractivity contribution < 1.29 is 8.42 Å². The predicted octanol–water partition coefficient (Wildman–Crippen LogP) is 1.23. The monoisotopic (exact) mass is 192 g/mol. The first kappa shape index (κ1) is 11.9. The van der Waals surface area contributed by atoms with Gasteiger partial charge >= 0.3 is 0 Å². The van der Waals surface area contributed by atoms with Crippen LogP contribution in [0.4, 0.5) is 0 Å². The Kier molecular flexibility index (Phi) is 4.78. The summed E-state index contributed by atoms with van der Waals surface area (Å²) in [6.45, 7) is 8.07. The zero-order valence-electron chi connectivity index (χ0n) is 8.24. The molecule has 12 heavy (non-hydrogen) atoms. The second kappa shape index (κ2) is 4.82. The summed E-state index contributed by atoms with van der Waals surface area (Å²) in [5.74, 6) is 0.637. The van der Waals surface area contributed by atoms with Crippen molar-refractivity contribution in [2.75, 3.05) is 12.3 Å². The molecule has 0 aliphatic carbocycles. The van der Waals surface area contributed by atoms with Gasteiger partial charge in [-0.1, -0.05) is 27.7 Å². The molecule has 73 valence electrons. The Balaban J connectivity index is 3.89. The third kappa shape index (κ3) is 6.61. The number of hydrogen-bond donors (Lipinski definition) is 0. The van der Waals surface area contributed by atoms with Gasteiger partial charge in [-0.2, -0.15) is 0 Å². The molecule has 0 aromatic rings. The van der Waals surface area contributed by atoms with Crippen molar-refractivity contribution in [1.82, 2.24) is 4.72 Å². The summed E-state index contributed by atoms with van der Waals surface area (Å²) in [5, 5.41) is 0. The van der Waals surface area contributed by atoms with Crippen LogP contribution in [0.15, 0.2) is 0 Å². The Morgan fingerprint density at radius 2 is 1.58 bits per heavy atom. The molecule has 0 aliphatic heterocycles. The Bertz CT molecular complexity index is 207. The number of hydrogen-bond acceptors (Lipinski definition) is 2. The zero-order chi connectivity index (χ0) is 9.78. The second-order valence-electron chi connectivity index (χ2n) is 3.85. The number of nitrogens with zero attached hydrogens (tertiary/aromatic N) is 1. The van der Waals surface area contributed by atoms with E-state index in [1.54, 1.807) is 0 Å². The van der Waals surface area contributed by atoms with E-state index in [0.717, 1.165) is 0 Å². The molecule has 0 atom stereocenters. The van der Waals surface area contributed by atoms with Gasteiger partial charge in [-0.25, -0.2) is 8.42 Å². The minimum absolute atomic E-state index is 0.158. The molecule has 0 aromatic heterocycles. The Morgan fingerprint density at radius 3 is 1.92 bits per heavy atom. The maximum atomic E-state index is 11.2. The minimum Gasteiger partial charge on any atom is -0.211 e. The zero-order valence-corrected chi connectivity index (χ0v) is 9.06. The van der Waals surface area contributed by atoms with Crippen molar-refractivity contribution in [2.24, 2.45) is 11.8 Å². The number of sulfonamides is 1. The fourth-order valence-corrected chi connectivity index (χ4v) is 2.21. The van der Waals surface area contributed by atoms with E-state index < -0.39 is 10.0 Å². The molecular weight excluding hydrogens is 174 g/mol. The van der Waals surface area contributed by atoms with Crippen LogP contribution in [-0.4, -0.2) is 20.7 Å². The fourth-order valence-electron chi connectivity index (χ4n) is 0.737. The van der Waals surface area contributed by atoms with E-state index >= 15 is 0 Å². The van der Waals surface area contributed by atoms with Gasteiger partial charge in [0.25, 0.3) is 0 Å². The lowest BCUT2D eigenvalue weighted by atomic mass is 10.2. The predicted molar refractivity (Wildman–Crippen MR) is 50.5 cm³/mol. The highest BCUT2D eigenvalue weighted by Gasteiger charge is 2.13. The van der Waals surface area contributed by atoms with Crippen molar-refractivity contribution >= 4 is 10.0 Å². The van der Waals surface area contributed by atoms with Gasteiger partial charge in [-0.15, -0.1) is 4.72 Å². The van der Waals surface area contributed by atoms with Crippen LogP contribution in [-0.2, 0) is 10.0 Å². The van der Waals surface area contributed by atoms with Gasteiger partial charge < -0.3 is 0 Å². The summed E-state index contributed by atoms with van der Waals surface area (Å²) in [5.41, 5.74) is 0. The quantitative estimate of drug-likeness (QED) is 0.658. The van der Waals surface area contributed by atoms with Crippen LogP contribution >= 0.6 is 0 Å². The van der Waals surface area contributed by atoms with E-state index in [1.165, 1.54) is 0 Å². The van der Waals surface area contributed by atoms with E-state index in [-0.39, 0.29) is 11.7 Å². The normalized spacial score (nSPS) is 12.8. The molecule has 0 saturated heterocycles. The van der Waals surface area contributed by atoms with E-state index in [4.69, 9.17) is 0 Å². The van der Waals surface area contributed by atoms with Gasteiger partial charge in [0.15, 0.2) is 0 Å². The molecule has 3 nitrogen and oxygen atoms in total. The van der Waals surface area contributed by atoms with Gasteiger partial charge in [0.1, 0.15) is 0 Å². The summed E-state index contributed by atoms with van der Waals surface area (Å²) in [6.07, 6.45) is 0. The molecule has 0 aromatic carbocycles. The highest BCUT2D eigenvalue weighted by Crippen LogP contribution is 2.00. The molecule has 4 heteroatoms. The molecule has 0 N–H and O–H groups in total. The minimum atomic E-state index is -3.15. The molecule has 0 rings (SSSR count). The molecule has 0 saturated carbocycles. The third-order valence-electron chi connectivity index (χ3n) is 1.18. The highest BCUT2D eigenvalue weighted by atomic mass is 32.2. The van der Waals surface area contributed by atoms with Crippen LogP contribution in [0, 0.1) is 11.8 Å². The summed E-state index contributed by atoms with van der Waals surface area (Å²) in [7, 11) is -3.15. The maximum absolute atomic E-state index is 11.2. The van der Waals surface area contributed by atoms with E-state index in [1.807, 2.05) is 27.7 Å². The first-order chi connectivity index (χ1) is 5.33. The molecule has 0 bridgehead atoms. The molecule has 1 radical (unpaired) electrons. The van der Waals surface area contributed by atoms with Gasteiger partial charge in [0.05, 0.1) is 5.75 Å². The lowest BCUT2D eigenvalue weighted by molar-refractivity contribution is 0.547. The van der Waals surface area contributed by atoms with Crippen molar-refractivity contribution in [3.05, 3.63) is 0 Å². The van der Waals surface area contributed by atoms with Crippen LogP contribution in [0.5, 0.6) is 0 Å². The molecule has 0 spiro atoms. The van der Waals surface area contributed by atoms with Gasteiger partial charge in [-0.3, -0.25) is 0 Å². The summed E-state index contributed by atoms with van der Waals surface area (Å²) in [4.78, 5) is 0. The SMILES string of the molecule is CC(C)C[N]S(=O)(=O)CC(C)C. The van der Waals surface area contributed by atoms with Crippen molar-refractivity contribution in [3.8, 4) is 0 Å². The lowest BCUT2D eigenvalue weighted by Crippen LogP contribution is -2.25. The van der Waals surface area contributed by atoms with Crippen LogP contribution in [0.25, 0.3) is 0 Å². The first-order valence-corrected chi connectivity index (χ1v) is 5.86. The topological polar surface area (TPSA) is 48.2 Å². The van der Waals surface area contributed by atoms with Crippen LogP contribution < -0.4 is 4.72 Å². The summed E-state index contributed by atoms with van der Waals surface area (Å²) in [6, 6.07) is 0. The van der Waals surface area contributed by atoms with Crippen LogP contribution in [0.1, 0.15) is 27.7 Å². The lowest BCUT2D eigenvalue weighted by Gasteiger charge is -2.07. The van der Waals surface area contributed by atoms with Crippen molar-refractivity contribution in [1.29, 1.82) is 0 Å². The Morgan fingerprint density at radius 1 is 1.08 bits per heavy atom. The molecule has 0 amide bonds. The first-order valence-electron chi connectivity index (χ1n) is 4.25. The average molecular weight is 192 g/mol. The fraction of sp³-hybridized carbons (Fsp3) is 1.00. The van der Waals surface area contributed by atoms with Crippen molar-refractivity contribution in [2.45, 2.75) is 27.7 Å². The average Bonchev–Trinajstić information content (AvgIpc) is 1.81. The highest BCUT2D eigenvalue weighted by molar-refractivity contribution is 7.89. The van der Waals surface area contributed by atoms with Gasteiger partial charge in [0, 0.05) is 6.54 Å². The second-order valence-corrected chi connectivity index (χ2v) is 5.60. The van der Waals surface area contributed by atoms with Crippen LogP contribution in [0.2, 0.25) is 0 Å². The number of rotatable bonds is 5. The van der Waals surface area contributed by atoms with Gasteiger partial charge in [0.2, 0.25) is 10.0 Å². The third-order valence-corrected chi connectivity index (χ3v) is 2.81. The van der Waals surface area contributed by atoms with E-state index in [9.17, 15) is 8.42 Å². The maximum Gasteiger partial charge on any atom is 0.228 e. The molecule has 0 fully saturated rings. The Hall–Kier alpha value is -0.0900. The standard InChI is InChI=1S/C8H18NO2S/c1-7(2)5-9-12(10,11)6-8(3)4/h7-8H,5-6H2,1-4H3. The van der Waals surface area contributed by atoms with Crippen LogP contribution in [0.3, 0.4) is 0 Å². The summed E-state index contributed by atoms with van der Waals surface area (Å²) >= 11 is 0. The largest absolute Gasteiger partial charge is 0.228 e. The van der Waals surface area contributed by atoms with Gasteiger partial charge in [-0.05, 0) is 11.8 Å². The molecule has 0 aliphatic rings. The van der Waals surface area contributed by atoms with E-state index in [2.05, 4.69) is 4.72 Å². The molecule has 0 heterocycles. The summed E-state index contributed by atoms with van der Waals surface area (Å²) < 4.78 is 26.0. The molecule has 0 unspecified atom stereocenters. The van der Waals surface area contributed by atoms with E-state index in [0.29, 0.717) is 12.5 Å². The van der Waals surface area contributed by atoms with Crippen molar-refractivity contribution in [3.63, 3.8) is 0 Å². The smallest absolute Gasteiger partial charge is 0.211 e.